The second-order valence-electron chi connectivity index (χ2n) is 4.96. The van der Waals surface area contributed by atoms with Crippen molar-refractivity contribution >= 4 is 5.69 Å². The molecule has 0 saturated heterocycles. The summed E-state index contributed by atoms with van der Waals surface area (Å²) in [7, 11) is 4.68. The van der Waals surface area contributed by atoms with Crippen LogP contribution in [0, 0.1) is 0 Å². The van der Waals surface area contributed by atoms with E-state index < -0.39 is 0 Å². The molecule has 0 saturated carbocycles. The zero-order valence-electron chi connectivity index (χ0n) is 13.6. The summed E-state index contributed by atoms with van der Waals surface area (Å²) in [5, 5.41) is 4.03. The first-order valence-corrected chi connectivity index (χ1v) is 7.16. The minimum absolute atomic E-state index is 0.370. The zero-order valence-corrected chi connectivity index (χ0v) is 13.6. The molecule has 0 aliphatic carbocycles. The Balaban J connectivity index is 2.06. The van der Waals surface area contributed by atoms with Crippen LogP contribution in [0.5, 0.6) is 17.2 Å². The van der Waals surface area contributed by atoms with E-state index in [0.29, 0.717) is 40.2 Å². The molecule has 3 aromatic rings. The Kier molecular flexibility index (Phi) is 4.24. The van der Waals surface area contributed by atoms with Gasteiger partial charge in [-0.05, 0) is 24.3 Å². The van der Waals surface area contributed by atoms with Crippen LogP contribution in [0.4, 0.5) is 5.69 Å². The molecule has 0 bridgehead atoms. The van der Waals surface area contributed by atoms with Crippen LogP contribution in [0.1, 0.15) is 0 Å². The molecular formula is C17H17N3O4. The lowest BCUT2D eigenvalue weighted by Crippen LogP contribution is -1.95. The molecule has 3 rings (SSSR count). The minimum atomic E-state index is 0.370. The van der Waals surface area contributed by atoms with Gasteiger partial charge in [0.05, 0.1) is 26.9 Å². The van der Waals surface area contributed by atoms with Crippen LogP contribution in [0.2, 0.25) is 0 Å². The first kappa shape index (κ1) is 15.7. The van der Waals surface area contributed by atoms with Gasteiger partial charge in [0.1, 0.15) is 5.75 Å². The van der Waals surface area contributed by atoms with E-state index in [1.807, 2.05) is 12.1 Å². The van der Waals surface area contributed by atoms with Gasteiger partial charge in [0.25, 0.3) is 5.89 Å². The molecule has 7 nitrogen and oxygen atoms in total. The second kappa shape index (κ2) is 6.49. The minimum Gasteiger partial charge on any atom is -0.496 e. The summed E-state index contributed by atoms with van der Waals surface area (Å²) >= 11 is 0. The molecule has 0 amide bonds. The molecule has 24 heavy (non-hydrogen) atoms. The molecule has 124 valence electrons. The summed E-state index contributed by atoms with van der Waals surface area (Å²) in [6.45, 7) is 0. The van der Waals surface area contributed by atoms with Crippen LogP contribution in [0.3, 0.4) is 0 Å². The summed E-state index contributed by atoms with van der Waals surface area (Å²) in [5.74, 6) is 2.40. The van der Waals surface area contributed by atoms with Gasteiger partial charge in [-0.15, -0.1) is 0 Å². The SMILES string of the molecule is COc1cc(OC)c(-c2noc(-c3cccc(N)c3)n2)cc1OC. The lowest BCUT2D eigenvalue weighted by atomic mass is 10.1. The summed E-state index contributed by atoms with van der Waals surface area (Å²) in [4.78, 5) is 4.42. The fourth-order valence-corrected chi connectivity index (χ4v) is 2.33. The average Bonchev–Trinajstić information content (AvgIpc) is 3.10. The number of hydrogen-bond acceptors (Lipinski definition) is 7. The number of ether oxygens (including phenoxy) is 3. The van der Waals surface area contributed by atoms with Crippen molar-refractivity contribution in [2.45, 2.75) is 0 Å². The molecule has 1 heterocycles. The van der Waals surface area contributed by atoms with Crippen molar-refractivity contribution in [2.24, 2.45) is 0 Å². The Morgan fingerprint density at radius 3 is 2.29 bits per heavy atom. The standard InChI is InChI=1S/C17H17N3O4/c1-21-13-9-15(23-3)14(22-2)8-12(13)16-19-17(24-20-16)10-5-4-6-11(18)7-10/h4-9H,18H2,1-3H3. The topological polar surface area (TPSA) is 92.6 Å². The van der Waals surface area contributed by atoms with E-state index in [-0.39, 0.29) is 0 Å². The quantitative estimate of drug-likeness (QED) is 0.720. The van der Waals surface area contributed by atoms with Crippen LogP contribution in [-0.4, -0.2) is 31.5 Å². The summed E-state index contributed by atoms with van der Waals surface area (Å²) < 4.78 is 21.3. The molecule has 0 radical (unpaired) electrons. The van der Waals surface area contributed by atoms with Crippen LogP contribution in [-0.2, 0) is 0 Å². The Hall–Kier alpha value is -3.22. The number of rotatable bonds is 5. The highest BCUT2D eigenvalue weighted by atomic mass is 16.5. The number of benzene rings is 2. The van der Waals surface area contributed by atoms with Crippen molar-refractivity contribution in [2.75, 3.05) is 27.1 Å². The molecule has 0 aliphatic rings. The summed E-state index contributed by atoms with van der Waals surface area (Å²) in [6, 6.07) is 10.7. The second-order valence-corrected chi connectivity index (χ2v) is 4.96. The van der Waals surface area contributed by atoms with E-state index in [0.717, 1.165) is 5.56 Å². The number of hydrogen-bond donors (Lipinski definition) is 1. The number of nitrogen functional groups attached to an aromatic ring is 1. The van der Waals surface area contributed by atoms with Crippen LogP contribution >= 0.6 is 0 Å². The van der Waals surface area contributed by atoms with Gasteiger partial charge in [0.2, 0.25) is 5.82 Å². The molecule has 2 N–H and O–H groups in total. The van der Waals surface area contributed by atoms with Crippen molar-refractivity contribution in [1.29, 1.82) is 0 Å². The van der Waals surface area contributed by atoms with Gasteiger partial charge >= 0.3 is 0 Å². The Morgan fingerprint density at radius 2 is 1.62 bits per heavy atom. The largest absolute Gasteiger partial charge is 0.496 e. The molecule has 0 spiro atoms. The fraction of sp³-hybridized carbons (Fsp3) is 0.176. The van der Waals surface area contributed by atoms with E-state index in [9.17, 15) is 0 Å². The normalized spacial score (nSPS) is 10.5. The Labute approximate surface area is 139 Å². The Morgan fingerprint density at radius 1 is 0.917 bits per heavy atom. The van der Waals surface area contributed by atoms with Crippen molar-refractivity contribution < 1.29 is 18.7 Å². The van der Waals surface area contributed by atoms with Crippen molar-refractivity contribution in [1.82, 2.24) is 10.1 Å². The monoisotopic (exact) mass is 327 g/mol. The molecule has 0 fully saturated rings. The maximum absolute atomic E-state index is 5.79. The van der Waals surface area contributed by atoms with Crippen molar-refractivity contribution in [3.05, 3.63) is 36.4 Å². The highest BCUT2D eigenvalue weighted by Crippen LogP contribution is 2.39. The van der Waals surface area contributed by atoms with Gasteiger partial charge in [-0.1, -0.05) is 11.2 Å². The number of nitrogens with zero attached hydrogens (tertiary/aromatic N) is 2. The third-order valence-electron chi connectivity index (χ3n) is 3.51. The van der Waals surface area contributed by atoms with E-state index in [4.69, 9.17) is 24.5 Å². The van der Waals surface area contributed by atoms with E-state index in [1.165, 1.54) is 0 Å². The first-order chi connectivity index (χ1) is 11.7. The van der Waals surface area contributed by atoms with Gasteiger partial charge < -0.3 is 24.5 Å². The fourth-order valence-electron chi connectivity index (χ4n) is 2.33. The lowest BCUT2D eigenvalue weighted by molar-refractivity contribution is 0.349. The third kappa shape index (κ3) is 2.83. The van der Waals surface area contributed by atoms with Gasteiger partial charge in [0, 0.05) is 17.3 Å². The van der Waals surface area contributed by atoms with E-state index >= 15 is 0 Å². The number of aromatic nitrogens is 2. The molecule has 0 aliphatic heterocycles. The average molecular weight is 327 g/mol. The van der Waals surface area contributed by atoms with Gasteiger partial charge in [-0.2, -0.15) is 4.98 Å². The maximum atomic E-state index is 5.79. The van der Waals surface area contributed by atoms with Crippen LogP contribution in [0.25, 0.3) is 22.8 Å². The highest BCUT2D eigenvalue weighted by molar-refractivity contribution is 5.71. The van der Waals surface area contributed by atoms with Crippen molar-refractivity contribution in [3.8, 4) is 40.1 Å². The number of methoxy groups -OCH3 is 3. The van der Waals surface area contributed by atoms with E-state index in [1.54, 1.807) is 45.6 Å². The molecule has 1 aromatic heterocycles. The molecular weight excluding hydrogens is 310 g/mol. The predicted octanol–water partition coefficient (Wildman–Crippen LogP) is 3.01. The lowest BCUT2D eigenvalue weighted by Gasteiger charge is -2.12. The number of anilines is 1. The smallest absolute Gasteiger partial charge is 0.258 e. The molecule has 2 aromatic carbocycles. The zero-order chi connectivity index (χ0) is 17.1. The molecule has 0 unspecified atom stereocenters. The van der Waals surface area contributed by atoms with Gasteiger partial charge in [-0.25, -0.2) is 0 Å². The van der Waals surface area contributed by atoms with Gasteiger partial charge in [0.15, 0.2) is 11.5 Å². The predicted molar refractivity (Wildman–Crippen MR) is 89.2 cm³/mol. The van der Waals surface area contributed by atoms with Crippen LogP contribution in [0.15, 0.2) is 40.9 Å². The van der Waals surface area contributed by atoms with Crippen LogP contribution < -0.4 is 19.9 Å². The Bertz CT molecular complexity index is 861. The maximum Gasteiger partial charge on any atom is 0.258 e. The number of nitrogens with two attached hydrogens (primary N) is 1. The van der Waals surface area contributed by atoms with Gasteiger partial charge in [-0.3, -0.25) is 0 Å². The summed E-state index contributed by atoms with van der Waals surface area (Å²) in [5.41, 5.74) is 7.79. The molecule has 7 heteroatoms. The first-order valence-electron chi connectivity index (χ1n) is 7.16. The van der Waals surface area contributed by atoms with E-state index in [2.05, 4.69) is 10.1 Å². The molecule has 0 atom stereocenters. The summed E-state index contributed by atoms with van der Waals surface area (Å²) in [6.07, 6.45) is 0. The highest BCUT2D eigenvalue weighted by Gasteiger charge is 2.18. The third-order valence-corrected chi connectivity index (χ3v) is 3.51. The van der Waals surface area contributed by atoms with Crippen molar-refractivity contribution in [3.63, 3.8) is 0 Å².